The normalized spacial score (nSPS) is 11.1. The third-order valence-electron chi connectivity index (χ3n) is 2.98. The van der Waals surface area contributed by atoms with Crippen molar-refractivity contribution in [2.45, 2.75) is 33.6 Å². The first kappa shape index (κ1) is 15.4. The minimum atomic E-state index is -0.311. The fraction of sp³-hybridized carbons (Fsp3) is 0.538. The molecular formula is C13H20N6OS. The number of carbonyl (C=O) groups excluding carboxylic acids is 1. The zero-order chi connectivity index (χ0) is 15.6. The average Bonchev–Trinajstić information content (AvgIpc) is 2.93. The van der Waals surface area contributed by atoms with E-state index in [0.717, 1.165) is 17.1 Å². The summed E-state index contributed by atoms with van der Waals surface area (Å²) in [5, 5.41) is 16.4. The molecule has 0 atom stereocenters. The lowest BCUT2D eigenvalue weighted by Gasteiger charge is -2.02. The smallest absolute Gasteiger partial charge is 0.277 e. The number of nitrogens with one attached hydrogen (secondary N) is 1. The Morgan fingerprint density at radius 1 is 1.43 bits per heavy atom. The zero-order valence-corrected chi connectivity index (χ0v) is 13.5. The first-order valence-electron chi connectivity index (χ1n) is 6.87. The molecule has 0 radical (unpaired) electrons. The Balaban J connectivity index is 2.15. The van der Waals surface area contributed by atoms with Crippen LogP contribution in [0.1, 0.15) is 42.0 Å². The van der Waals surface area contributed by atoms with E-state index in [4.69, 9.17) is 5.73 Å². The van der Waals surface area contributed by atoms with E-state index in [2.05, 4.69) is 34.5 Å². The van der Waals surface area contributed by atoms with Crippen LogP contribution in [-0.4, -0.2) is 25.9 Å². The summed E-state index contributed by atoms with van der Waals surface area (Å²) < 4.78 is 1.50. The number of amides is 1. The lowest BCUT2D eigenvalue weighted by Crippen LogP contribution is -2.17. The van der Waals surface area contributed by atoms with Crippen LogP contribution in [0.2, 0.25) is 0 Å². The molecule has 0 aliphatic rings. The standard InChI is InChI=1S/C13H20N6OS/c1-5-8-10(14)11(19(4)18-8)12(20)15-13-17-16-9(21-13)6-7(2)3/h7H,5-6,14H2,1-4H3,(H,15,17,20). The third kappa shape index (κ3) is 3.38. The van der Waals surface area contributed by atoms with E-state index >= 15 is 0 Å². The van der Waals surface area contributed by atoms with Gasteiger partial charge in [-0.1, -0.05) is 32.1 Å². The van der Waals surface area contributed by atoms with Gasteiger partial charge in [0.2, 0.25) is 5.13 Å². The number of anilines is 2. The van der Waals surface area contributed by atoms with Gasteiger partial charge in [-0.25, -0.2) is 0 Å². The van der Waals surface area contributed by atoms with Crippen molar-refractivity contribution in [1.29, 1.82) is 0 Å². The number of carbonyl (C=O) groups is 1. The van der Waals surface area contributed by atoms with Crippen molar-refractivity contribution in [3.63, 3.8) is 0 Å². The van der Waals surface area contributed by atoms with Gasteiger partial charge < -0.3 is 5.73 Å². The van der Waals surface area contributed by atoms with Crippen molar-refractivity contribution in [2.24, 2.45) is 13.0 Å². The van der Waals surface area contributed by atoms with Gasteiger partial charge in [-0.05, 0) is 12.3 Å². The van der Waals surface area contributed by atoms with E-state index in [-0.39, 0.29) is 5.91 Å². The second-order valence-corrected chi connectivity index (χ2v) is 6.30. The van der Waals surface area contributed by atoms with Gasteiger partial charge in [0.15, 0.2) is 0 Å². The van der Waals surface area contributed by atoms with Crippen LogP contribution >= 0.6 is 11.3 Å². The number of aryl methyl sites for hydroxylation is 2. The monoisotopic (exact) mass is 308 g/mol. The molecule has 2 aromatic heterocycles. The molecule has 0 aliphatic carbocycles. The number of nitrogens with zero attached hydrogens (tertiary/aromatic N) is 4. The summed E-state index contributed by atoms with van der Waals surface area (Å²) in [7, 11) is 1.70. The third-order valence-corrected chi connectivity index (χ3v) is 3.84. The quantitative estimate of drug-likeness (QED) is 0.878. The van der Waals surface area contributed by atoms with E-state index in [9.17, 15) is 4.79 Å². The number of rotatable bonds is 5. The van der Waals surface area contributed by atoms with Crippen molar-refractivity contribution in [3.8, 4) is 0 Å². The Labute approximate surface area is 127 Å². The molecule has 2 aromatic rings. The molecule has 0 saturated carbocycles. The van der Waals surface area contributed by atoms with Gasteiger partial charge in [0, 0.05) is 13.5 Å². The fourth-order valence-corrected chi connectivity index (χ4v) is 2.97. The highest BCUT2D eigenvalue weighted by Gasteiger charge is 2.20. The summed E-state index contributed by atoms with van der Waals surface area (Å²) in [5.41, 5.74) is 7.46. The van der Waals surface area contributed by atoms with E-state index in [1.165, 1.54) is 16.0 Å². The SMILES string of the molecule is CCc1nn(C)c(C(=O)Nc2nnc(CC(C)C)s2)c1N. The molecular weight excluding hydrogens is 288 g/mol. The summed E-state index contributed by atoms with van der Waals surface area (Å²) in [4.78, 5) is 12.3. The van der Waals surface area contributed by atoms with E-state index in [1.54, 1.807) is 7.05 Å². The highest BCUT2D eigenvalue weighted by Crippen LogP contribution is 2.21. The highest BCUT2D eigenvalue weighted by molar-refractivity contribution is 7.15. The molecule has 0 fully saturated rings. The molecule has 0 aliphatic heterocycles. The van der Waals surface area contributed by atoms with E-state index in [0.29, 0.717) is 28.9 Å². The maximum absolute atomic E-state index is 12.3. The van der Waals surface area contributed by atoms with Crippen molar-refractivity contribution >= 4 is 28.1 Å². The topological polar surface area (TPSA) is 98.7 Å². The number of nitrogen functional groups attached to an aromatic ring is 1. The van der Waals surface area contributed by atoms with Crippen molar-refractivity contribution in [1.82, 2.24) is 20.0 Å². The average molecular weight is 308 g/mol. The highest BCUT2D eigenvalue weighted by atomic mass is 32.1. The molecule has 2 rings (SSSR count). The Bertz CT molecular complexity index is 645. The van der Waals surface area contributed by atoms with Crippen LogP contribution in [0.3, 0.4) is 0 Å². The predicted molar refractivity (Wildman–Crippen MR) is 83.4 cm³/mol. The van der Waals surface area contributed by atoms with Crippen LogP contribution in [0, 0.1) is 5.92 Å². The number of aromatic nitrogens is 4. The van der Waals surface area contributed by atoms with Crippen molar-refractivity contribution in [2.75, 3.05) is 11.1 Å². The molecule has 0 saturated heterocycles. The lowest BCUT2D eigenvalue weighted by molar-refractivity contribution is 0.101. The van der Waals surface area contributed by atoms with E-state index in [1.807, 2.05) is 6.92 Å². The molecule has 3 N–H and O–H groups in total. The Morgan fingerprint density at radius 2 is 2.14 bits per heavy atom. The second-order valence-electron chi connectivity index (χ2n) is 5.24. The van der Waals surface area contributed by atoms with Crippen LogP contribution in [0.15, 0.2) is 0 Å². The van der Waals surface area contributed by atoms with Crippen LogP contribution in [0.5, 0.6) is 0 Å². The number of hydrogen-bond acceptors (Lipinski definition) is 6. The summed E-state index contributed by atoms with van der Waals surface area (Å²) in [6, 6.07) is 0. The summed E-state index contributed by atoms with van der Waals surface area (Å²) in [6.45, 7) is 6.17. The first-order valence-corrected chi connectivity index (χ1v) is 7.69. The molecule has 0 aromatic carbocycles. The van der Waals surface area contributed by atoms with E-state index < -0.39 is 0 Å². The molecule has 0 unspecified atom stereocenters. The fourth-order valence-electron chi connectivity index (χ4n) is 2.02. The van der Waals surface area contributed by atoms with Gasteiger partial charge in [-0.3, -0.25) is 14.8 Å². The molecule has 7 nitrogen and oxygen atoms in total. The second kappa shape index (κ2) is 6.21. The van der Waals surface area contributed by atoms with Crippen LogP contribution in [-0.2, 0) is 19.9 Å². The number of hydrogen-bond donors (Lipinski definition) is 2. The Hall–Kier alpha value is -1.96. The summed E-state index contributed by atoms with van der Waals surface area (Å²) in [5.74, 6) is 0.191. The van der Waals surface area contributed by atoms with Gasteiger partial charge in [0.25, 0.3) is 5.91 Å². The molecule has 114 valence electrons. The van der Waals surface area contributed by atoms with Crippen LogP contribution in [0.25, 0.3) is 0 Å². The maximum Gasteiger partial charge on any atom is 0.277 e. The van der Waals surface area contributed by atoms with Crippen LogP contribution in [0.4, 0.5) is 10.8 Å². The first-order chi connectivity index (χ1) is 9.92. The summed E-state index contributed by atoms with van der Waals surface area (Å²) >= 11 is 1.38. The minimum absolute atomic E-state index is 0.311. The molecule has 21 heavy (non-hydrogen) atoms. The van der Waals surface area contributed by atoms with Gasteiger partial charge >= 0.3 is 0 Å². The largest absolute Gasteiger partial charge is 0.395 e. The Kier molecular flexibility index (Phi) is 4.56. The molecule has 1 amide bonds. The zero-order valence-electron chi connectivity index (χ0n) is 12.7. The van der Waals surface area contributed by atoms with Gasteiger partial charge in [0.1, 0.15) is 10.7 Å². The van der Waals surface area contributed by atoms with Crippen molar-refractivity contribution < 1.29 is 4.79 Å². The Morgan fingerprint density at radius 3 is 2.71 bits per heavy atom. The van der Waals surface area contributed by atoms with Gasteiger partial charge in [0.05, 0.1) is 11.4 Å². The number of nitrogens with two attached hydrogens (primary N) is 1. The maximum atomic E-state index is 12.3. The molecule has 0 bridgehead atoms. The van der Waals surface area contributed by atoms with Crippen LogP contribution < -0.4 is 11.1 Å². The molecule has 0 spiro atoms. The minimum Gasteiger partial charge on any atom is -0.395 e. The summed E-state index contributed by atoms with van der Waals surface area (Å²) in [6.07, 6.45) is 1.53. The lowest BCUT2D eigenvalue weighted by atomic mass is 10.1. The predicted octanol–water partition coefficient (Wildman–Crippen LogP) is 1.87. The molecule has 8 heteroatoms. The van der Waals surface area contributed by atoms with Crippen molar-refractivity contribution in [3.05, 3.63) is 16.4 Å². The molecule has 2 heterocycles. The van der Waals surface area contributed by atoms with Gasteiger partial charge in [-0.15, -0.1) is 10.2 Å². The van der Waals surface area contributed by atoms with Gasteiger partial charge in [-0.2, -0.15) is 5.10 Å².